The van der Waals surface area contributed by atoms with E-state index < -0.39 is 0 Å². The quantitative estimate of drug-likeness (QED) is 0.528. The maximum atomic E-state index is 13.9. The maximum absolute atomic E-state index is 13.9. The minimum absolute atomic E-state index is 0.0817. The molecule has 36 heavy (non-hydrogen) atoms. The van der Waals surface area contributed by atoms with Crippen molar-refractivity contribution >= 4 is 28.6 Å². The molecule has 196 valence electrons. The smallest absolute Gasteiger partial charge is 0.324 e. The van der Waals surface area contributed by atoms with E-state index in [0.717, 1.165) is 31.3 Å². The topological polar surface area (TPSA) is 88.8 Å². The number of imide groups is 1. The first-order valence-corrected chi connectivity index (χ1v) is 13.4. The number of urea groups is 1. The number of likely N-dealkylation sites (tertiary alicyclic amines) is 1. The summed E-state index contributed by atoms with van der Waals surface area (Å²) in [6.45, 7) is 9.10. The first-order chi connectivity index (χ1) is 17.3. The van der Waals surface area contributed by atoms with Crippen molar-refractivity contribution in [2.75, 3.05) is 46.3 Å². The lowest BCUT2D eigenvalue weighted by Gasteiger charge is -2.47. The highest BCUT2D eigenvalue weighted by Crippen LogP contribution is 2.45. The van der Waals surface area contributed by atoms with Crippen LogP contribution in [0.5, 0.6) is 0 Å². The third-order valence-electron chi connectivity index (χ3n) is 7.69. The van der Waals surface area contributed by atoms with Crippen molar-refractivity contribution in [1.29, 1.82) is 0 Å². The molecule has 8 nitrogen and oxygen atoms in total. The van der Waals surface area contributed by atoms with E-state index in [1.54, 1.807) is 6.92 Å². The van der Waals surface area contributed by atoms with Crippen LogP contribution >= 0.6 is 0 Å². The average Bonchev–Trinajstić information content (AvgIpc) is 3.26. The summed E-state index contributed by atoms with van der Waals surface area (Å²) >= 11 is 0. The molecule has 2 N–H and O–H groups in total. The van der Waals surface area contributed by atoms with Gasteiger partial charge in [-0.15, -0.1) is 0 Å². The Bertz CT molecular complexity index is 1100. The Balaban J connectivity index is 1.55. The number of benzene rings is 1. The number of Topliss-reactive ketones (excluding diaryl/α,β-unsaturated/α-hetero) is 1. The van der Waals surface area contributed by atoms with E-state index in [2.05, 4.69) is 46.5 Å². The summed E-state index contributed by atoms with van der Waals surface area (Å²) in [5, 5.41) is 4.15. The molecule has 1 fully saturated rings. The zero-order valence-corrected chi connectivity index (χ0v) is 22.2. The summed E-state index contributed by atoms with van der Waals surface area (Å²) in [7, 11) is 1.89. The van der Waals surface area contributed by atoms with Crippen LogP contribution in [0, 0.1) is 5.92 Å². The molecule has 0 spiro atoms. The van der Waals surface area contributed by atoms with Gasteiger partial charge >= 0.3 is 6.03 Å². The van der Waals surface area contributed by atoms with Gasteiger partial charge in [-0.05, 0) is 76.9 Å². The average molecular weight is 496 g/mol. The van der Waals surface area contributed by atoms with Gasteiger partial charge < -0.3 is 10.3 Å². The summed E-state index contributed by atoms with van der Waals surface area (Å²) in [5.41, 5.74) is 3.86. The Morgan fingerprint density at radius 1 is 1.19 bits per heavy atom. The molecule has 0 bridgehead atoms. The molecule has 1 aromatic heterocycles. The highest BCUT2D eigenvalue weighted by Gasteiger charge is 2.44. The van der Waals surface area contributed by atoms with Gasteiger partial charge in [0.25, 0.3) is 0 Å². The third kappa shape index (κ3) is 5.49. The Morgan fingerprint density at radius 2 is 2.00 bits per heavy atom. The van der Waals surface area contributed by atoms with E-state index in [-0.39, 0.29) is 29.6 Å². The third-order valence-corrected chi connectivity index (χ3v) is 7.69. The fraction of sp³-hybridized carbons (Fsp3) is 0.607. The summed E-state index contributed by atoms with van der Waals surface area (Å²) in [4.78, 5) is 47.5. The predicted molar refractivity (Wildman–Crippen MR) is 142 cm³/mol. The van der Waals surface area contributed by atoms with Gasteiger partial charge in [-0.25, -0.2) is 4.79 Å². The summed E-state index contributed by atoms with van der Waals surface area (Å²) < 4.78 is 0. The molecular formula is C28H41N5O3. The van der Waals surface area contributed by atoms with Gasteiger partial charge in [0.05, 0.1) is 12.5 Å². The second-order valence-corrected chi connectivity index (χ2v) is 10.5. The number of nitrogens with one attached hydrogen (secondary N) is 2. The zero-order chi connectivity index (χ0) is 25.8. The summed E-state index contributed by atoms with van der Waals surface area (Å²) in [6, 6.07) is 6.51. The van der Waals surface area contributed by atoms with E-state index in [9.17, 15) is 14.4 Å². The van der Waals surface area contributed by atoms with E-state index in [1.165, 1.54) is 21.4 Å². The Hall–Kier alpha value is -2.71. The minimum Gasteiger partial charge on any atom is -0.361 e. The van der Waals surface area contributed by atoms with E-state index >= 15 is 0 Å². The SMILES string of the molecule is CCCN1C[C@H](C(=O)N(CCCN(C)CC(C)=O)C(=O)NCC)C[C@@H]2c3cccc4[nH]cc(c34)C[C@H]21. The molecule has 3 amide bonds. The molecule has 0 unspecified atom stereocenters. The molecule has 1 aromatic carbocycles. The van der Waals surface area contributed by atoms with Crippen molar-refractivity contribution in [3.05, 3.63) is 35.5 Å². The van der Waals surface area contributed by atoms with Crippen molar-refractivity contribution in [2.45, 2.75) is 58.4 Å². The number of hydrogen-bond donors (Lipinski definition) is 2. The van der Waals surface area contributed by atoms with Gasteiger partial charge in [-0.1, -0.05) is 19.1 Å². The van der Waals surface area contributed by atoms with Crippen LogP contribution in [0.3, 0.4) is 0 Å². The minimum atomic E-state index is -0.320. The van der Waals surface area contributed by atoms with Crippen molar-refractivity contribution in [3.63, 3.8) is 0 Å². The molecule has 1 saturated heterocycles. The fourth-order valence-electron chi connectivity index (χ4n) is 6.26. The van der Waals surface area contributed by atoms with E-state index in [1.807, 2.05) is 18.9 Å². The number of amides is 3. The van der Waals surface area contributed by atoms with Crippen molar-refractivity contribution in [2.24, 2.45) is 5.92 Å². The van der Waals surface area contributed by atoms with Gasteiger partial charge in [-0.3, -0.25) is 24.3 Å². The number of carbonyl (C=O) groups excluding carboxylic acids is 3. The molecule has 2 heterocycles. The number of ketones is 1. The van der Waals surface area contributed by atoms with Crippen LogP contribution in [0.15, 0.2) is 24.4 Å². The number of aromatic amines is 1. The molecule has 8 heteroatoms. The number of aromatic nitrogens is 1. The lowest BCUT2D eigenvalue weighted by molar-refractivity contribution is -0.135. The van der Waals surface area contributed by atoms with Crippen LogP contribution in [0.4, 0.5) is 4.79 Å². The predicted octanol–water partition coefficient (Wildman–Crippen LogP) is 3.38. The second-order valence-electron chi connectivity index (χ2n) is 10.5. The molecule has 2 aliphatic rings. The molecule has 0 saturated carbocycles. The van der Waals surface area contributed by atoms with Crippen LogP contribution in [-0.4, -0.2) is 89.8 Å². The van der Waals surface area contributed by atoms with Crippen LogP contribution in [0.2, 0.25) is 0 Å². The number of nitrogens with zero attached hydrogens (tertiary/aromatic N) is 3. The molecule has 4 rings (SSSR count). The normalized spacial score (nSPS) is 21.4. The highest BCUT2D eigenvalue weighted by molar-refractivity contribution is 5.96. The Morgan fingerprint density at radius 3 is 2.72 bits per heavy atom. The number of H-pyrrole nitrogens is 1. The fourth-order valence-corrected chi connectivity index (χ4v) is 6.26. The van der Waals surface area contributed by atoms with Gasteiger partial charge in [0.2, 0.25) is 5.91 Å². The van der Waals surface area contributed by atoms with Crippen LogP contribution in [-0.2, 0) is 16.0 Å². The molecule has 3 atom stereocenters. The van der Waals surface area contributed by atoms with Crippen LogP contribution in [0.1, 0.15) is 57.1 Å². The first-order valence-electron chi connectivity index (χ1n) is 13.4. The molecule has 2 aromatic rings. The zero-order valence-electron chi connectivity index (χ0n) is 22.2. The lowest BCUT2D eigenvalue weighted by Crippen LogP contribution is -2.55. The van der Waals surface area contributed by atoms with Crippen LogP contribution < -0.4 is 5.32 Å². The number of likely N-dealkylation sites (N-methyl/N-ethyl adjacent to an activating group) is 1. The van der Waals surface area contributed by atoms with Crippen LogP contribution in [0.25, 0.3) is 10.9 Å². The Kier molecular flexibility index (Phi) is 8.46. The molecule has 0 radical (unpaired) electrons. The summed E-state index contributed by atoms with van der Waals surface area (Å²) in [5.74, 6) is 0.0620. The molecule has 1 aliphatic heterocycles. The summed E-state index contributed by atoms with van der Waals surface area (Å²) in [6.07, 6.45) is 5.55. The number of fused-ring (bicyclic) bond motifs is 2. The van der Waals surface area contributed by atoms with Crippen molar-refractivity contribution in [3.8, 4) is 0 Å². The van der Waals surface area contributed by atoms with Crippen molar-refractivity contribution in [1.82, 2.24) is 25.0 Å². The van der Waals surface area contributed by atoms with E-state index in [4.69, 9.17) is 0 Å². The first kappa shape index (κ1) is 26.4. The highest BCUT2D eigenvalue weighted by atomic mass is 16.2. The number of rotatable bonds is 10. The Labute approximate surface area is 214 Å². The monoisotopic (exact) mass is 495 g/mol. The standard InChI is InChI=1S/C28H41N5O3/c1-5-11-32-18-21(14-23-22-9-7-10-24-26(22)20(16-30-24)15-25(23)32)27(35)33(28(36)29-6-2)13-8-12-31(4)17-19(3)34/h7,9-10,16,21,23,25,30H,5-6,8,11-15,17-18H2,1-4H3,(H,29,36)/t21-,23-,25-/m1/s1. The number of piperidine rings is 1. The molecule has 1 aliphatic carbocycles. The number of carbonyl (C=O) groups is 3. The van der Waals surface area contributed by atoms with Gasteiger partial charge in [0.1, 0.15) is 5.78 Å². The molecular weight excluding hydrogens is 454 g/mol. The van der Waals surface area contributed by atoms with Crippen molar-refractivity contribution < 1.29 is 14.4 Å². The van der Waals surface area contributed by atoms with E-state index in [0.29, 0.717) is 45.2 Å². The van der Waals surface area contributed by atoms with Gasteiger partial charge in [0.15, 0.2) is 0 Å². The number of hydrogen-bond acceptors (Lipinski definition) is 5. The largest absolute Gasteiger partial charge is 0.361 e. The van der Waals surface area contributed by atoms with Gasteiger partial charge in [-0.2, -0.15) is 0 Å². The van der Waals surface area contributed by atoms with Gasteiger partial charge in [0, 0.05) is 48.7 Å². The maximum Gasteiger partial charge on any atom is 0.324 e. The lowest BCUT2D eigenvalue weighted by atomic mass is 9.72. The second kappa shape index (κ2) is 11.6.